The van der Waals surface area contributed by atoms with Gasteiger partial charge in [0.15, 0.2) is 0 Å². The second-order valence-corrected chi connectivity index (χ2v) is 6.83. The zero-order chi connectivity index (χ0) is 15.2. The van der Waals surface area contributed by atoms with Gasteiger partial charge in [0.05, 0.1) is 28.0 Å². The molecule has 1 heterocycles. The van der Waals surface area contributed by atoms with Gasteiger partial charge in [-0.1, -0.05) is 31.5 Å². The van der Waals surface area contributed by atoms with E-state index in [0.29, 0.717) is 11.9 Å². The monoisotopic (exact) mass is 326 g/mol. The maximum atomic E-state index is 6.41. The van der Waals surface area contributed by atoms with Crippen LogP contribution < -0.4 is 0 Å². The van der Waals surface area contributed by atoms with Crippen LogP contribution in [0, 0.1) is 5.41 Å². The fourth-order valence-electron chi connectivity index (χ4n) is 3.37. The highest BCUT2D eigenvalue weighted by Gasteiger charge is 2.51. The van der Waals surface area contributed by atoms with E-state index in [9.17, 15) is 0 Å². The van der Waals surface area contributed by atoms with Crippen molar-refractivity contribution in [3.8, 4) is 0 Å². The van der Waals surface area contributed by atoms with Crippen LogP contribution in [0.3, 0.4) is 0 Å². The van der Waals surface area contributed by atoms with Gasteiger partial charge < -0.3 is 9.30 Å². The van der Waals surface area contributed by atoms with Gasteiger partial charge in [-0.05, 0) is 25.5 Å². The SMILES string of the molecule is CCOC1CC(n2c(CCl)nc3cccc(Cl)c32)C1(C)C. The van der Waals surface area contributed by atoms with Crippen molar-refractivity contribution in [2.45, 2.75) is 45.2 Å². The Balaban J connectivity index is 2.09. The normalized spacial score (nSPS) is 24.2. The van der Waals surface area contributed by atoms with E-state index >= 15 is 0 Å². The maximum Gasteiger partial charge on any atom is 0.125 e. The molecule has 1 saturated carbocycles. The predicted octanol–water partition coefficient (Wildman–Crippen LogP) is 4.80. The van der Waals surface area contributed by atoms with Gasteiger partial charge in [0.2, 0.25) is 0 Å². The Kier molecular flexibility index (Phi) is 3.93. The number of halogens is 2. The van der Waals surface area contributed by atoms with Gasteiger partial charge in [-0.15, -0.1) is 11.6 Å². The number of imidazole rings is 1. The van der Waals surface area contributed by atoms with Crippen LogP contribution >= 0.6 is 23.2 Å². The first-order chi connectivity index (χ1) is 10.0. The first-order valence-corrected chi connectivity index (χ1v) is 8.24. The zero-order valence-electron chi connectivity index (χ0n) is 12.6. The van der Waals surface area contributed by atoms with Crippen LogP contribution in [-0.2, 0) is 10.6 Å². The fraction of sp³-hybridized carbons (Fsp3) is 0.562. The Morgan fingerprint density at radius 2 is 2.19 bits per heavy atom. The highest BCUT2D eigenvalue weighted by molar-refractivity contribution is 6.35. The summed E-state index contributed by atoms with van der Waals surface area (Å²) < 4.78 is 8.06. The molecule has 0 amide bonds. The minimum absolute atomic E-state index is 0.0453. The minimum atomic E-state index is 0.0453. The second-order valence-electron chi connectivity index (χ2n) is 6.16. The summed E-state index contributed by atoms with van der Waals surface area (Å²) in [5.41, 5.74) is 1.94. The molecule has 1 fully saturated rings. The molecule has 0 aliphatic heterocycles. The van der Waals surface area contributed by atoms with Gasteiger partial charge in [0.1, 0.15) is 5.82 Å². The third-order valence-corrected chi connectivity index (χ3v) is 5.20. The number of aromatic nitrogens is 2. The van der Waals surface area contributed by atoms with Crippen molar-refractivity contribution in [1.82, 2.24) is 9.55 Å². The van der Waals surface area contributed by atoms with E-state index in [4.69, 9.17) is 27.9 Å². The summed E-state index contributed by atoms with van der Waals surface area (Å²) in [6, 6.07) is 6.13. The summed E-state index contributed by atoms with van der Waals surface area (Å²) in [5, 5.41) is 0.729. The van der Waals surface area contributed by atoms with Crippen LogP contribution in [0.1, 0.15) is 39.1 Å². The van der Waals surface area contributed by atoms with Crippen LogP contribution in [0.2, 0.25) is 5.02 Å². The first kappa shape index (κ1) is 15.1. The van der Waals surface area contributed by atoms with Gasteiger partial charge in [0.25, 0.3) is 0 Å². The fourth-order valence-corrected chi connectivity index (χ4v) is 3.82. The zero-order valence-corrected chi connectivity index (χ0v) is 14.1. The minimum Gasteiger partial charge on any atom is -0.378 e. The van der Waals surface area contributed by atoms with E-state index < -0.39 is 0 Å². The van der Waals surface area contributed by atoms with E-state index in [1.165, 1.54) is 0 Å². The molecule has 1 aliphatic rings. The molecule has 114 valence electrons. The highest BCUT2D eigenvalue weighted by atomic mass is 35.5. The summed E-state index contributed by atoms with van der Waals surface area (Å²) in [4.78, 5) is 4.64. The van der Waals surface area contributed by atoms with Crippen molar-refractivity contribution in [2.24, 2.45) is 5.41 Å². The number of hydrogen-bond acceptors (Lipinski definition) is 2. The Bertz CT molecular complexity index is 666. The summed E-state index contributed by atoms with van der Waals surface area (Å²) in [5.74, 6) is 1.27. The predicted molar refractivity (Wildman–Crippen MR) is 87.1 cm³/mol. The van der Waals surface area contributed by atoms with Gasteiger partial charge in [-0.25, -0.2) is 4.98 Å². The third kappa shape index (κ3) is 2.26. The number of fused-ring (bicyclic) bond motifs is 1. The molecule has 0 N–H and O–H groups in total. The highest BCUT2D eigenvalue weighted by Crippen LogP contribution is 2.53. The van der Waals surface area contributed by atoms with Crippen LogP contribution in [-0.4, -0.2) is 22.3 Å². The number of hydrogen-bond donors (Lipinski definition) is 0. The quantitative estimate of drug-likeness (QED) is 0.754. The van der Waals surface area contributed by atoms with Gasteiger partial charge >= 0.3 is 0 Å². The molecule has 0 radical (unpaired) electrons. The lowest BCUT2D eigenvalue weighted by molar-refractivity contribution is -0.127. The molecule has 1 aromatic carbocycles. The van der Waals surface area contributed by atoms with E-state index in [1.807, 2.05) is 25.1 Å². The van der Waals surface area contributed by atoms with Crippen molar-refractivity contribution >= 4 is 34.2 Å². The van der Waals surface area contributed by atoms with E-state index in [-0.39, 0.29) is 11.5 Å². The van der Waals surface area contributed by atoms with Crippen molar-refractivity contribution in [3.05, 3.63) is 29.0 Å². The molecule has 0 saturated heterocycles. The van der Waals surface area contributed by atoms with Crippen molar-refractivity contribution in [2.75, 3.05) is 6.61 Å². The van der Waals surface area contributed by atoms with Crippen LogP contribution in [0.15, 0.2) is 18.2 Å². The van der Waals surface area contributed by atoms with Gasteiger partial charge in [0, 0.05) is 18.1 Å². The average Bonchev–Trinajstić information content (AvgIpc) is 2.82. The summed E-state index contributed by atoms with van der Waals surface area (Å²) in [7, 11) is 0. The third-order valence-electron chi connectivity index (χ3n) is 4.66. The molecule has 0 spiro atoms. The average molecular weight is 327 g/mol. The van der Waals surface area contributed by atoms with Gasteiger partial charge in [-0.3, -0.25) is 0 Å². The molecule has 2 atom stereocenters. The Hall–Kier alpha value is -0.770. The number of para-hydroxylation sites is 1. The molecule has 2 aromatic rings. The topological polar surface area (TPSA) is 27.1 Å². The van der Waals surface area contributed by atoms with E-state index in [1.54, 1.807) is 0 Å². The number of nitrogens with zero attached hydrogens (tertiary/aromatic N) is 2. The molecular formula is C16H20Cl2N2O. The molecular weight excluding hydrogens is 307 g/mol. The molecule has 3 nitrogen and oxygen atoms in total. The summed E-state index contributed by atoms with van der Waals surface area (Å²) in [6.07, 6.45) is 1.25. The molecule has 2 unspecified atom stereocenters. The largest absolute Gasteiger partial charge is 0.378 e. The molecule has 1 aliphatic carbocycles. The van der Waals surface area contributed by atoms with Gasteiger partial charge in [-0.2, -0.15) is 0 Å². The number of alkyl halides is 1. The molecule has 3 rings (SSSR count). The van der Waals surface area contributed by atoms with Crippen LogP contribution in [0.4, 0.5) is 0 Å². The molecule has 21 heavy (non-hydrogen) atoms. The Morgan fingerprint density at radius 3 is 2.81 bits per heavy atom. The lowest BCUT2D eigenvalue weighted by Crippen LogP contribution is -2.51. The number of rotatable bonds is 4. The van der Waals surface area contributed by atoms with Crippen molar-refractivity contribution in [1.29, 1.82) is 0 Å². The lowest BCUT2D eigenvalue weighted by Gasteiger charge is -2.52. The Labute approximate surface area is 135 Å². The first-order valence-electron chi connectivity index (χ1n) is 7.33. The lowest BCUT2D eigenvalue weighted by atomic mass is 9.64. The summed E-state index contributed by atoms with van der Waals surface area (Å²) in [6.45, 7) is 7.26. The van der Waals surface area contributed by atoms with E-state index in [2.05, 4.69) is 23.4 Å². The second kappa shape index (κ2) is 5.45. The van der Waals surface area contributed by atoms with Crippen LogP contribution in [0.5, 0.6) is 0 Å². The maximum absolute atomic E-state index is 6.41. The molecule has 0 bridgehead atoms. The molecule has 5 heteroatoms. The summed E-state index contributed by atoms with van der Waals surface area (Å²) >= 11 is 12.5. The van der Waals surface area contributed by atoms with Crippen LogP contribution in [0.25, 0.3) is 11.0 Å². The smallest absolute Gasteiger partial charge is 0.125 e. The molecule has 1 aromatic heterocycles. The van der Waals surface area contributed by atoms with Crippen molar-refractivity contribution in [3.63, 3.8) is 0 Å². The Morgan fingerprint density at radius 1 is 1.43 bits per heavy atom. The number of benzene rings is 1. The number of ether oxygens (including phenoxy) is 1. The van der Waals surface area contributed by atoms with Crippen molar-refractivity contribution < 1.29 is 4.74 Å². The van der Waals surface area contributed by atoms with E-state index in [0.717, 1.165) is 34.9 Å². The standard InChI is InChI=1S/C16H20Cl2N2O/c1-4-21-13-8-12(16(13,2)3)20-14(9-17)19-11-7-5-6-10(18)15(11)20/h5-7,12-13H,4,8-9H2,1-3H3.